The lowest BCUT2D eigenvalue weighted by atomic mass is 10.0. The van der Waals surface area contributed by atoms with Crippen LogP contribution in [0.4, 0.5) is 34.4 Å². The second-order valence-corrected chi connectivity index (χ2v) is 13.5. The van der Waals surface area contributed by atoms with Crippen LogP contribution in [-0.2, 0) is 0 Å². The van der Waals surface area contributed by atoms with E-state index in [2.05, 4.69) is 237 Å². The van der Waals surface area contributed by atoms with Crippen molar-refractivity contribution in [2.24, 2.45) is 0 Å². The lowest BCUT2D eigenvalue weighted by molar-refractivity contribution is 1.07. The third-order valence-corrected chi connectivity index (χ3v) is 10.3. The Bertz CT molecular complexity index is 2570. The Hall–Kier alpha value is -7.30. The Morgan fingerprint density at radius 2 is 0.537 bits per heavy atom. The molecular weight excluding hydrogens is 657 g/mol. The highest BCUT2D eigenvalue weighted by atomic mass is 15.3. The smallest absolute Gasteiger partial charge is 0.123 e. The highest BCUT2D eigenvalue weighted by Crippen LogP contribution is 2.45. The number of hydrogen-bond acceptors (Lipinski definition) is 2. The van der Waals surface area contributed by atoms with Crippen molar-refractivity contribution in [1.29, 1.82) is 0 Å². The van der Waals surface area contributed by atoms with E-state index in [0.717, 1.165) is 56.8 Å². The van der Waals surface area contributed by atoms with E-state index in [1.54, 1.807) is 0 Å². The maximum Gasteiger partial charge on any atom is 0.123 e. The first-order chi connectivity index (χ1) is 26.8. The first-order valence-electron chi connectivity index (χ1n) is 18.4. The van der Waals surface area contributed by atoms with E-state index >= 15 is 0 Å². The number of hydrogen-bond donors (Lipinski definition) is 0. The number of anilines is 6. The monoisotopic (exact) mass is 692 g/mol. The molecule has 0 fully saturated rings. The largest absolute Gasteiger partial charge is 0.296 e. The summed E-state index contributed by atoms with van der Waals surface area (Å²) in [5.41, 5.74) is 8.92. The Morgan fingerprint density at radius 3 is 0.833 bits per heavy atom. The van der Waals surface area contributed by atoms with Gasteiger partial charge >= 0.3 is 0 Å². The van der Waals surface area contributed by atoms with E-state index in [0.29, 0.717) is 0 Å². The minimum Gasteiger partial charge on any atom is -0.296 e. The predicted octanol–water partition coefficient (Wildman–Crippen LogP) is 13.7. The van der Waals surface area contributed by atoms with Gasteiger partial charge in [0.05, 0.1) is 11.0 Å². The van der Waals surface area contributed by atoms with Gasteiger partial charge in [0.1, 0.15) is 11.6 Å². The van der Waals surface area contributed by atoms with Gasteiger partial charge in [0.25, 0.3) is 0 Å². The summed E-state index contributed by atoms with van der Waals surface area (Å²) in [5, 5.41) is 4.81. The molecule has 256 valence electrons. The summed E-state index contributed by atoms with van der Waals surface area (Å²) in [6, 6.07) is 78.0. The zero-order valence-corrected chi connectivity index (χ0v) is 29.6. The van der Waals surface area contributed by atoms with Gasteiger partial charge in [0.15, 0.2) is 0 Å². The van der Waals surface area contributed by atoms with Gasteiger partial charge in [0, 0.05) is 44.9 Å². The average Bonchev–Trinajstić information content (AvgIpc) is 3.82. The summed E-state index contributed by atoms with van der Waals surface area (Å²) in [6.07, 6.45) is 0. The van der Waals surface area contributed by atoms with Crippen molar-refractivity contribution in [3.8, 4) is 11.4 Å². The molecule has 4 heteroatoms. The van der Waals surface area contributed by atoms with Crippen LogP contribution in [0.3, 0.4) is 0 Å². The first-order valence-corrected chi connectivity index (χ1v) is 18.4. The van der Waals surface area contributed by atoms with Crippen LogP contribution in [0.2, 0.25) is 0 Å². The van der Waals surface area contributed by atoms with Crippen molar-refractivity contribution < 1.29 is 0 Å². The summed E-state index contributed by atoms with van der Waals surface area (Å²) in [7, 11) is 0. The average molecular weight is 693 g/mol. The van der Waals surface area contributed by atoms with Crippen molar-refractivity contribution >= 4 is 67.0 Å². The van der Waals surface area contributed by atoms with Gasteiger partial charge in [-0.25, -0.2) is 0 Å². The van der Waals surface area contributed by atoms with Gasteiger partial charge < -0.3 is 0 Å². The number of aromatic nitrogens is 2. The van der Waals surface area contributed by atoms with Crippen LogP contribution in [0.5, 0.6) is 0 Å². The van der Waals surface area contributed by atoms with E-state index in [1.165, 1.54) is 21.5 Å². The van der Waals surface area contributed by atoms with E-state index in [9.17, 15) is 0 Å². The fourth-order valence-corrected chi connectivity index (χ4v) is 7.92. The molecule has 54 heavy (non-hydrogen) atoms. The number of fused-ring (bicyclic) bond motifs is 5. The Balaban J connectivity index is 1.27. The maximum atomic E-state index is 2.39. The van der Waals surface area contributed by atoms with Gasteiger partial charge in [-0.05, 0) is 108 Å². The highest BCUT2D eigenvalue weighted by molar-refractivity contribution is 6.19. The second-order valence-electron chi connectivity index (χ2n) is 13.5. The summed E-state index contributed by atoms with van der Waals surface area (Å²) in [5.74, 6) is 2.14. The molecule has 0 atom stereocenters. The Kier molecular flexibility index (Phi) is 7.77. The quantitative estimate of drug-likeness (QED) is 0.158. The van der Waals surface area contributed by atoms with Crippen molar-refractivity contribution in [2.45, 2.75) is 0 Å². The molecule has 0 aliphatic carbocycles. The lowest BCUT2D eigenvalue weighted by Crippen LogP contribution is -2.13. The van der Waals surface area contributed by atoms with Crippen LogP contribution in [0.15, 0.2) is 218 Å². The Morgan fingerprint density at radius 1 is 0.259 bits per heavy atom. The topological polar surface area (TPSA) is 16.3 Å². The third kappa shape index (κ3) is 5.32. The summed E-state index contributed by atoms with van der Waals surface area (Å²) >= 11 is 0. The molecule has 0 aliphatic rings. The molecule has 0 unspecified atom stereocenters. The normalized spacial score (nSPS) is 11.3. The van der Waals surface area contributed by atoms with E-state index in [4.69, 9.17) is 0 Å². The Labute approximate surface area is 314 Å². The summed E-state index contributed by atoms with van der Waals surface area (Å²) in [4.78, 5) is 4.72. The molecule has 0 N–H and O–H groups in total. The van der Waals surface area contributed by atoms with E-state index in [1.807, 2.05) is 0 Å². The SMILES string of the molecule is c1ccc(N(c2ccccc2)c2cc3c4ccc5c(cc(N(c6ccccc6)c6ccccc6)n5-c5ccccc5)c4ccc3n2-c2ccccc2)cc1. The first kappa shape index (κ1) is 31.4. The molecule has 0 aliphatic heterocycles. The van der Waals surface area contributed by atoms with Crippen molar-refractivity contribution in [3.63, 3.8) is 0 Å². The maximum absolute atomic E-state index is 2.39. The second kappa shape index (κ2) is 13.4. The zero-order chi connectivity index (χ0) is 35.8. The molecule has 2 heterocycles. The van der Waals surface area contributed by atoms with E-state index < -0.39 is 0 Å². The van der Waals surface area contributed by atoms with Gasteiger partial charge in [-0.3, -0.25) is 18.9 Å². The summed E-state index contributed by atoms with van der Waals surface area (Å²) in [6.45, 7) is 0. The molecule has 4 nitrogen and oxygen atoms in total. The van der Waals surface area contributed by atoms with Gasteiger partial charge in [-0.2, -0.15) is 0 Å². The minimum atomic E-state index is 1.07. The fourth-order valence-electron chi connectivity index (χ4n) is 7.92. The van der Waals surface area contributed by atoms with Gasteiger partial charge in [-0.1, -0.05) is 121 Å². The van der Waals surface area contributed by atoms with Crippen molar-refractivity contribution in [1.82, 2.24) is 9.13 Å². The third-order valence-electron chi connectivity index (χ3n) is 10.3. The van der Waals surface area contributed by atoms with Crippen LogP contribution < -0.4 is 9.80 Å². The predicted molar refractivity (Wildman–Crippen MR) is 227 cm³/mol. The molecule has 8 aromatic carbocycles. The molecule has 0 saturated carbocycles. The molecule has 0 radical (unpaired) electrons. The number of para-hydroxylation sites is 6. The number of rotatable bonds is 8. The molecule has 2 aromatic heterocycles. The minimum absolute atomic E-state index is 1.07. The highest BCUT2D eigenvalue weighted by Gasteiger charge is 2.24. The molecule has 10 aromatic rings. The standard InChI is InChI=1S/C50H36N4/c1-7-19-37(20-8-1)51(38-21-9-2-10-22-38)49-35-45-43-32-34-48-46(44(43)31-33-47(45)53(49)41-27-15-5-16-28-41)36-50(54(48)42-29-17-6-18-30-42)52(39-23-11-3-12-24-39)40-25-13-4-14-26-40/h1-36H. The van der Waals surface area contributed by atoms with E-state index in [-0.39, 0.29) is 0 Å². The summed E-state index contributed by atoms with van der Waals surface area (Å²) < 4.78 is 4.79. The van der Waals surface area contributed by atoms with Crippen LogP contribution >= 0.6 is 0 Å². The molecule has 0 spiro atoms. The van der Waals surface area contributed by atoms with Gasteiger partial charge in [0.2, 0.25) is 0 Å². The van der Waals surface area contributed by atoms with Crippen LogP contribution in [0.25, 0.3) is 44.0 Å². The molecule has 0 amide bonds. The number of nitrogens with zero attached hydrogens (tertiary/aromatic N) is 4. The zero-order valence-electron chi connectivity index (χ0n) is 29.6. The van der Waals surface area contributed by atoms with Crippen LogP contribution in [0, 0.1) is 0 Å². The van der Waals surface area contributed by atoms with Gasteiger partial charge in [-0.15, -0.1) is 0 Å². The van der Waals surface area contributed by atoms with Crippen LogP contribution in [0.1, 0.15) is 0 Å². The molecule has 10 rings (SSSR count). The lowest BCUT2D eigenvalue weighted by Gasteiger charge is -2.26. The molecule has 0 bridgehead atoms. The van der Waals surface area contributed by atoms with Crippen molar-refractivity contribution in [3.05, 3.63) is 218 Å². The van der Waals surface area contributed by atoms with Crippen LogP contribution in [-0.4, -0.2) is 9.13 Å². The number of benzene rings is 8. The van der Waals surface area contributed by atoms with Crippen molar-refractivity contribution in [2.75, 3.05) is 9.80 Å². The fraction of sp³-hybridized carbons (Fsp3) is 0. The molecular formula is C50H36N4. The molecule has 0 saturated heterocycles.